The number of ether oxygens (including phenoxy) is 2. The van der Waals surface area contributed by atoms with E-state index < -0.39 is 8.32 Å². The second-order valence-electron chi connectivity index (χ2n) is 8.14. The van der Waals surface area contributed by atoms with Gasteiger partial charge in [-0.15, -0.1) is 0 Å². The normalized spacial score (nSPS) is 14.8. The zero-order valence-electron chi connectivity index (χ0n) is 17.0. The lowest BCUT2D eigenvalue weighted by atomic mass is 10.1. The Morgan fingerprint density at radius 2 is 1.33 bits per heavy atom. The third kappa shape index (κ3) is 5.48. The van der Waals surface area contributed by atoms with Crippen molar-refractivity contribution < 1.29 is 23.5 Å². The lowest BCUT2D eigenvalue weighted by molar-refractivity contribution is 0.0270. The van der Waals surface area contributed by atoms with E-state index in [0.717, 1.165) is 0 Å². The van der Waals surface area contributed by atoms with Gasteiger partial charge in [-0.2, -0.15) is 0 Å². The molecule has 2 amide bonds. The molecule has 0 spiro atoms. The van der Waals surface area contributed by atoms with E-state index in [1.165, 1.54) is 4.90 Å². The molecule has 1 heterocycles. The van der Waals surface area contributed by atoms with E-state index in [4.69, 9.17) is 13.9 Å². The number of rotatable bonds is 10. The molecule has 150 valence electrons. The molecule has 0 unspecified atom stereocenters. The molecule has 0 bridgehead atoms. The van der Waals surface area contributed by atoms with Crippen molar-refractivity contribution >= 4 is 20.1 Å². The molecule has 1 aliphatic rings. The van der Waals surface area contributed by atoms with Crippen LogP contribution in [0.3, 0.4) is 0 Å². The average molecular weight is 394 g/mol. The van der Waals surface area contributed by atoms with Crippen LogP contribution in [0.5, 0.6) is 0 Å². The highest BCUT2D eigenvalue weighted by atomic mass is 28.4. The maximum absolute atomic E-state index is 12.2. The van der Waals surface area contributed by atoms with Gasteiger partial charge in [0.15, 0.2) is 8.32 Å². The minimum absolute atomic E-state index is 0.195. The lowest BCUT2D eigenvalue weighted by Crippen LogP contribution is -2.41. The first-order chi connectivity index (χ1) is 12.6. The molecule has 0 aliphatic carbocycles. The van der Waals surface area contributed by atoms with E-state index >= 15 is 0 Å². The number of imide groups is 1. The van der Waals surface area contributed by atoms with Crippen molar-refractivity contribution in [3.63, 3.8) is 0 Å². The van der Waals surface area contributed by atoms with Crippen LogP contribution in [0.1, 0.15) is 41.5 Å². The summed E-state index contributed by atoms with van der Waals surface area (Å²) in [4.78, 5) is 25.7. The van der Waals surface area contributed by atoms with Crippen LogP contribution in [0.15, 0.2) is 24.3 Å². The SMILES string of the molecule is CC(C)(C)[Si](C)(C)OCCOCCOCCN1C(=O)c2ccccc2C1=O. The number of hydrogen-bond donors (Lipinski definition) is 0. The molecule has 6 nitrogen and oxygen atoms in total. The van der Waals surface area contributed by atoms with E-state index in [0.29, 0.717) is 44.2 Å². The van der Waals surface area contributed by atoms with Gasteiger partial charge in [0.25, 0.3) is 11.8 Å². The number of carbonyl (C=O) groups is 2. The van der Waals surface area contributed by atoms with Crippen LogP contribution >= 0.6 is 0 Å². The van der Waals surface area contributed by atoms with Gasteiger partial charge in [0.05, 0.1) is 50.7 Å². The van der Waals surface area contributed by atoms with E-state index in [1.54, 1.807) is 24.3 Å². The molecule has 2 rings (SSSR count). The summed E-state index contributed by atoms with van der Waals surface area (Å²) in [5.41, 5.74) is 0.931. The number of fused-ring (bicyclic) bond motifs is 1. The van der Waals surface area contributed by atoms with Gasteiger partial charge in [0.1, 0.15) is 0 Å². The predicted octanol–water partition coefficient (Wildman–Crippen LogP) is 3.34. The zero-order chi connectivity index (χ0) is 20.1. The van der Waals surface area contributed by atoms with Crippen molar-refractivity contribution in [3.05, 3.63) is 35.4 Å². The van der Waals surface area contributed by atoms with Crippen LogP contribution in [0.2, 0.25) is 18.1 Å². The van der Waals surface area contributed by atoms with Gasteiger partial charge in [-0.1, -0.05) is 32.9 Å². The van der Waals surface area contributed by atoms with Crippen LogP contribution in [0, 0.1) is 0 Å². The molecular formula is C20H31NO5Si. The molecule has 1 aromatic rings. The molecule has 1 aliphatic heterocycles. The highest BCUT2D eigenvalue weighted by Crippen LogP contribution is 2.36. The number of carbonyl (C=O) groups excluding carboxylic acids is 2. The Morgan fingerprint density at radius 1 is 0.852 bits per heavy atom. The molecule has 1 aromatic carbocycles. The molecule has 7 heteroatoms. The summed E-state index contributed by atoms with van der Waals surface area (Å²) in [6, 6.07) is 6.87. The summed E-state index contributed by atoms with van der Waals surface area (Å²) in [6.07, 6.45) is 0. The minimum atomic E-state index is -1.72. The highest BCUT2D eigenvalue weighted by Gasteiger charge is 2.37. The highest BCUT2D eigenvalue weighted by molar-refractivity contribution is 6.74. The fourth-order valence-electron chi connectivity index (χ4n) is 2.49. The Bertz CT molecular complexity index is 634. The number of nitrogens with zero attached hydrogens (tertiary/aromatic N) is 1. The Balaban J connectivity index is 1.56. The number of hydrogen-bond acceptors (Lipinski definition) is 5. The summed E-state index contributed by atoms with van der Waals surface area (Å²) >= 11 is 0. The topological polar surface area (TPSA) is 65.1 Å². The van der Waals surface area contributed by atoms with Crippen molar-refractivity contribution in [2.75, 3.05) is 39.6 Å². The molecule has 0 saturated carbocycles. The Hall–Kier alpha value is -1.54. The van der Waals surface area contributed by atoms with Gasteiger partial charge >= 0.3 is 0 Å². The van der Waals surface area contributed by atoms with Gasteiger partial charge in [-0.25, -0.2) is 0 Å². The maximum atomic E-state index is 12.2. The van der Waals surface area contributed by atoms with Crippen molar-refractivity contribution in [3.8, 4) is 0 Å². The van der Waals surface area contributed by atoms with Gasteiger partial charge in [-0.05, 0) is 30.3 Å². The Labute approximate surface area is 162 Å². The smallest absolute Gasteiger partial charge is 0.261 e. The summed E-state index contributed by atoms with van der Waals surface area (Å²) in [7, 11) is -1.72. The van der Waals surface area contributed by atoms with Gasteiger partial charge in [-0.3, -0.25) is 14.5 Å². The van der Waals surface area contributed by atoms with Crippen LogP contribution in [-0.4, -0.2) is 64.6 Å². The molecule has 0 fully saturated rings. The standard InChI is InChI=1S/C20H31NO5Si/c1-20(2,3)27(4,5)26-15-14-25-13-12-24-11-10-21-18(22)16-8-6-7-9-17(16)19(21)23/h6-9H,10-15H2,1-5H3. The van der Waals surface area contributed by atoms with E-state index in [1.807, 2.05) is 0 Å². The largest absolute Gasteiger partial charge is 0.414 e. The third-order valence-corrected chi connectivity index (χ3v) is 9.74. The monoisotopic (exact) mass is 393 g/mol. The van der Waals surface area contributed by atoms with E-state index in [9.17, 15) is 9.59 Å². The first-order valence-corrected chi connectivity index (χ1v) is 12.3. The van der Waals surface area contributed by atoms with E-state index in [2.05, 4.69) is 33.9 Å². The minimum Gasteiger partial charge on any atom is -0.414 e. The van der Waals surface area contributed by atoms with Gasteiger partial charge in [0.2, 0.25) is 0 Å². The first kappa shape index (κ1) is 21.8. The molecule has 27 heavy (non-hydrogen) atoms. The van der Waals surface area contributed by atoms with Crippen LogP contribution in [0.4, 0.5) is 0 Å². The average Bonchev–Trinajstić information content (AvgIpc) is 2.84. The van der Waals surface area contributed by atoms with Gasteiger partial charge < -0.3 is 13.9 Å². The lowest BCUT2D eigenvalue weighted by Gasteiger charge is -2.36. The second kappa shape index (κ2) is 9.10. The number of amides is 2. The van der Waals surface area contributed by atoms with Crippen molar-refractivity contribution in [1.29, 1.82) is 0 Å². The Morgan fingerprint density at radius 3 is 1.85 bits per heavy atom. The fraction of sp³-hybridized carbons (Fsp3) is 0.600. The summed E-state index contributed by atoms with van der Waals surface area (Å²) in [5, 5.41) is 0.195. The summed E-state index contributed by atoms with van der Waals surface area (Å²) in [6.45, 7) is 13.6. The van der Waals surface area contributed by atoms with Crippen LogP contribution < -0.4 is 0 Å². The molecular weight excluding hydrogens is 362 g/mol. The van der Waals surface area contributed by atoms with Crippen molar-refractivity contribution in [2.45, 2.75) is 38.9 Å². The Kier molecular flexibility index (Phi) is 7.33. The maximum Gasteiger partial charge on any atom is 0.261 e. The fourth-order valence-corrected chi connectivity index (χ4v) is 3.52. The van der Waals surface area contributed by atoms with Crippen molar-refractivity contribution in [1.82, 2.24) is 4.90 Å². The molecule has 0 N–H and O–H groups in total. The summed E-state index contributed by atoms with van der Waals surface area (Å²) in [5.74, 6) is -0.503. The molecule has 0 atom stereocenters. The molecule has 0 radical (unpaired) electrons. The van der Waals surface area contributed by atoms with E-state index in [-0.39, 0.29) is 23.4 Å². The van der Waals surface area contributed by atoms with Crippen molar-refractivity contribution in [2.24, 2.45) is 0 Å². The first-order valence-electron chi connectivity index (χ1n) is 9.40. The molecule has 0 aromatic heterocycles. The number of benzene rings is 1. The van der Waals surface area contributed by atoms with Gasteiger partial charge in [0, 0.05) is 0 Å². The summed E-state index contributed by atoms with van der Waals surface area (Å²) < 4.78 is 17.1. The quantitative estimate of drug-likeness (QED) is 0.347. The predicted molar refractivity (Wildman–Crippen MR) is 107 cm³/mol. The molecule has 0 saturated heterocycles. The van der Waals surface area contributed by atoms with Crippen LogP contribution in [-0.2, 0) is 13.9 Å². The third-order valence-electron chi connectivity index (χ3n) is 5.21. The second-order valence-corrected chi connectivity index (χ2v) is 13.0. The zero-order valence-corrected chi connectivity index (χ0v) is 18.0. The van der Waals surface area contributed by atoms with Crippen LogP contribution in [0.25, 0.3) is 0 Å².